The highest BCUT2D eigenvalue weighted by Crippen LogP contribution is 2.20. The number of nitrogens with zero attached hydrogens (tertiary/aromatic N) is 2. The van der Waals surface area contributed by atoms with E-state index in [0.717, 1.165) is 11.1 Å². The highest BCUT2D eigenvalue weighted by atomic mass is 16.4. The lowest BCUT2D eigenvalue weighted by Crippen LogP contribution is -2.10. The monoisotopic (exact) mass is 309 g/mol. The summed E-state index contributed by atoms with van der Waals surface area (Å²) in [4.78, 5) is 19.8. The first kappa shape index (κ1) is 14.8. The van der Waals surface area contributed by atoms with Gasteiger partial charge in [-0.25, -0.2) is 14.8 Å². The maximum absolute atomic E-state index is 11.3. The first-order valence-corrected chi connectivity index (χ1v) is 7.07. The van der Waals surface area contributed by atoms with Crippen molar-refractivity contribution >= 4 is 11.8 Å². The van der Waals surface area contributed by atoms with Gasteiger partial charge in [-0.05, 0) is 19.1 Å². The first-order chi connectivity index (χ1) is 11.1. The third-order valence-corrected chi connectivity index (χ3v) is 3.34. The minimum Gasteiger partial charge on any atom is -0.477 e. The fraction of sp³-hybridized carbons (Fsp3) is 0.118. The van der Waals surface area contributed by atoms with Crippen molar-refractivity contribution in [1.29, 1.82) is 0 Å². The van der Waals surface area contributed by atoms with Crippen molar-refractivity contribution in [3.63, 3.8) is 0 Å². The summed E-state index contributed by atoms with van der Waals surface area (Å²) in [5.74, 6) is 0.343. The van der Waals surface area contributed by atoms with E-state index in [1.54, 1.807) is 18.4 Å². The number of aryl methyl sites for hydroxylation is 1. The number of carbonyl (C=O) groups is 1. The second-order valence-electron chi connectivity index (χ2n) is 5.06. The minimum atomic E-state index is -1.08. The van der Waals surface area contributed by atoms with Crippen molar-refractivity contribution in [2.45, 2.75) is 13.5 Å². The van der Waals surface area contributed by atoms with E-state index >= 15 is 0 Å². The van der Waals surface area contributed by atoms with Crippen molar-refractivity contribution in [1.82, 2.24) is 9.97 Å². The van der Waals surface area contributed by atoms with Crippen LogP contribution < -0.4 is 5.32 Å². The predicted octanol–water partition coefficient (Wildman–Crippen LogP) is 3.36. The van der Waals surface area contributed by atoms with Gasteiger partial charge in [-0.3, -0.25) is 0 Å². The molecule has 0 saturated heterocycles. The number of carboxylic acids is 1. The Hall–Kier alpha value is -3.15. The van der Waals surface area contributed by atoms with E-state index in [0.29, 0.717) is 18.1 Å². The zero-order chi connectivity index (χ0) is 16.2. The lowest BCUT2D eigenvalue weighted by molar-refractivity contribution is 0.0697. The van der Waals surface area contributed by atoms with Gasteiger partial charge >= 0.3 is 5.97 Å². The number of furan rings is 1. The molecule has 0 aliphatic rings. The second kappa shape index (κ2) is 6.31. The van der Waals surface area contributed by atoms with Gasteiger partial charge in [0, 0.05) is 11.8 Å². The Kier molecular flexibility index (Phi) is 4.05. The van der Waals surface area contributed by atoms with Crippen molar-refractivity contribution in [2.24, 2.45) is 0 Å². The normalized spacial score (nSPS) is 10.5. The van der Waals surface area contributed by atoms with E-state index in [1.165, 1.54) is 6.20 Å². The molecule has 0 unspecified atom stereocenters. The van der Waals surface area contributed by atoms with Gasteiger partial charge in [0.1, 0.15) is 17.1 Å². The topological polar surface area (TPSA) is 88.2 Å². The average molecular weight is 309 g/mol. The number of nitrogens with one attached hydrogen (secondary N) is 1. The number of benzene rings is 1. The fourth-order valence-corrected chi connectivity index (χ4v) is 2.10. The van der Waals surface area contributed by atoms with Gasteiger partial charge in [-0.1, -0.05) is 29.8 Å². The molecular formula is C17H15N3O3. The van der Waals surface area contributed by atoms with Crippen molar-refractivity contribution in [3.05, 3.63) is 65.7 Å². The Morgan fingerprint density at radius 2 is 2.04 bits per heavy atom. The summed E-state index contributed by atoms with van der Waals surface area (Å²) in [7, 11) is 0. The Morgan fingerprint density at radius 3 is 2.70 bits per heavy atom. The zero-order valence-corrected chi connectivity index (χ0v) is 12.5. The summed E-state index contributed by atoms with van der Waals surface area (Å²) >= 11 is 0. The molecule has 2 heterocycles. The standard InChI is InChI=1S/C17H15N3O3/c1-11-4-6-12(7-5-11)15-19-10-14(17(21)22)16(20-15)18-9-13-3-2-8-23-13/h2-8,10H,9H2,1H3,(H,21,22)(H,18,19,20). The molecule has 0 atom stereocenters. The quantitative estimate of drug-likeness (QED) is 0.751. The van der Waals surface area contributed by atoms with Crippen LogP contribution in [-0.4, -0.2) is 21.0 Å². The van der Waals surface area contributed by atoms with Crippen LogP contribution in [0.2, 0.25) is 0 Å². The van der Waals surface area contributed by atoms with Gasteiger partial charge in [0.25, 0.3) is 0 Å². The van der Waals surface area contributed by atoms with E-state index in [2.05, 4.69) is 15.3 Å². The number of anilines is 1. The lowest BCUT2D eigenvalue weighted by atomic mass is 10.1. The van der Waals surface area contributed by atoms with Gasteiger partial charge in [0.05, 0.1) is 12.8 Å². The van der Waals surface area contributed by atoms with E-state index in [1.807, 2.05) is 31.2 Å². The highest BCUT2D eigenvalue weighted by molar-refractivity contribution is 5.93. The Balaban J connectivity index is 1.92. The van der Waals surface area contributed by atoms with Crippen LogP contribution in [0.25, 0.3) is 11.4 Å². The fourth-order valence-electron chi connectivity index (χ4n) is 2.10. The predicted molar refractivity (Wildman–Crippen MR) is 85.2 cm³/mol. The third kappa shape index (κ3) is 3.37. The molecule has 0 aliphatic carbocycles. The van der Waals surface area contributed by atoms with Crippen molar-refractivity contribution in [3.8, 4) is 11.4 Å². The van der Waals surface area contributed by atoms with Crippen molar-refractivity contribution < 1.29 is 14.3 Å². The van der Waals surface area contributed by atoms with Crippen LogP contribution in [0.15, 0.2) is 53.3 Å². The molecule has 2 N–H and O–H groups in total. The summed E-state index contributed by atoms with van der Waals surface area (Å²) in [6, 6.07) is 11.3. The van der Waals surface area contributed by atoms with E-state index in [4.69, 9.17) is 4.42 Å². The van der Waals surface area contributed by atoms with Gasteiger partial charge in [-0.15, -0.1) is 0 Å². The molecule has 0 radical (unpaired) electrons. The van der Waals surface area contributed by atoms with Gasteiger partial charge < -0.3 is 14.8 Å². The van der Waals surface area contributed by atoms with Gasteiger partial charge in [0.2, 0.25) is 0 Å². The number of aromatic carboxylic acids is 1. The van der Waals surface area contributed by atoms with Crippen LogP contribution in [0.3, 0.4) is 0 Å². The summed E-state index contributed by atoms with van der Waals surface area (Å²) in [6.07, 6.45) is 2.88. The SMILES string of the molecule is Cc1ccc(-c2ncc(C(=O)O)c(NCc3ccco3)n2)cc1. The lowest BCUT2D eigenvalue weighted by Gasteiger charge is -2.09. The zero-order valence-electron chi connectivity index (χ0n) is 12.5. The number of rotatable bonds is 5. The number of carboxylic acid groups (broad SMARTS) is 1. The molecule has 6 heteroatoms. The van der Waals surface area contributed by atoms with Crippen LogP contribution >= 0.6 is 0 Å². The third-order valence-electron chi connectivity index (χ3n) is 3.34. The maximum Gasteiger partial charge on any atom is 0.341 e. The molecular weight excluding hydrogens is 294 g/mol. The Morgan fingerprint density at radius 1 is 1.26 bits per heavy atom. The van der Waals surface area contributed by atoms with E-state index in [-0.39, 0.29) is 11.4 Å². The van der Waals surface area contributed by atoms with E-state index < -0.39 is 5.97 Å². The van der Waals surface area contributed by atoms with Gasteiger partial charge in [-0.2, -0.15) is 0 Å². The molecule has 0 amide bonds. The molecule has 1 aromatic carbocycles. The first-order valence-electron chi connectivity index (χ1n) is 7.07. The van der Waals surface area contributed by atoms with E-state index in [9.17, 15) is 9.90 Å². The highest BCUT2D eigenvalue weighted by Gasteiger charge is 2.14. The summed E-state index contributed by atoms with van der Waals surface area (Å²) < 4.78 is 5.23. The number of hydrogen-bond donors (Lipinski definition) is 2. The van der Waals surface area contributed by atoms with Crippen LogP contribution in [-0.2, 0) is 6.54 Å². The number of aromatic nitrogens is 2. The number of hydrogen-bond acceptors (Lipinski definition) is 5. The van der Waals surface area contributed by atoms with Crippen LogP contribution in [0.1, 0.15) is 21.7 Å². The molecule has 116 valence electrons. The summed E-state index contributed by atoms with van der Waals surface area (Å²) in [6.45, 7) is 2.34. The molecule has 0 fully saturated rings. The van der Waals surface area contributed by atoms with Crippen LogP contribution in [0, 0.1) is 6.92 Å². The summed E-state index contributed by atoms with van der Waals surface area (Å²) in [5, 5.41) is 12.3. The molecule has 0 spiro atoms. The maximum atomic E-state index is 11.3. The molecule has 0 saturated carbocycles. The minimum absolute atomic E-state index is 0.0208. The molecule has 23 heavy (non-hydrogen) atoms. The smallest absolute Gasteiger partial charge is 0.341 e. The second-order valence-corrected chi connectivity index (χ2v) is 5.06. The van der Waals surface area contributed by atoms with Crippen LogP contribution in [0.5, 0.6) is 0 Å². The van der Waals surface area contributed by atoms with Crippen molar-refractivity contribution in [2.75, 3.05) is 5.32 Å². The molecule has 0 bridgehead atoms. The summed E-state index contributed by atoms with van der Waals surface area (Å²) in [5.41, 5.74) is 1.98. The molecule has 6 nitrogen and oxygen atoms in total. The van der Waals surface area contributed by atoms with Gasteiger partial charge in [0.15, 0.2) is 5.82 Å². The van der Waals surface area contributed by atoms with Crippen LogP contribution in [0.4, 0.5) is 5.82 Å². The molecule has 2 aromatic heterocycles. The Labute approximate surface area is 132 Å². The molecule has 0 aliphatic heterocycles. The Bertz CT molecular complexity index is 812. The molecule has 3 rings (SSSR count). The molecule has 3 aromatic rings. The largest absolute Gasteiger partial charge is 0.477 e. The average Bonchev–Trinajstić information content (AvgIpc) is 3.06.